The van der Waals surface area contributed by atoms with Gasteiger partial charge in [-0.05, 0) is 6.42 Å². The van der Waals surface area contributed by atoms with Crippen LogP contribution in [0.2, 0.25) is 13.1 Å². The number of rotatable bonds is 7. The quantitative estimate of drug-likeness (QED) is 0.481. The van der Waals surface area contributed by atoms with Crippen molar-refractivity contribution in [1.82, 2.24) is 0 Å². The molecule has 0 heterocycles. The van der Waals surface area contributed by atoms with Gasteiger partial charge in [0.1, 0.15) is 0 Å². The summed E-state index contributed by atoms with van der Waals surface area (Å²) in [6.45, 7) is 6.67. The lowest BCUT2D eigenvalue weighted by atomic mass is 10.1. The van der Waals surface area contributed by atoms with Gasteiger partial charge in [-0.15, -0.1) is 0 Å². The van der Waals surface area contributed by atoms with Gasteiger partial charge in [0.2, 0.25) is 0 Å². The third kappa shape index (κ3) is 6.86. The summed E-state index contributed by atoms with van der Waals surface area (Å²) in [6.07, 6.45) is 7.60. The fraction of sp³-hybridized carbons (Fsp3) is 1.00. The first-order chi connectivity index (χ1) is 5.68. The number of aliphatic hydroxyl groups excluding tert-OH is 1. The van der Waals surface area contributed by atoms with Gasteiger partial charge < -0.3 is 5.11 Å². The molecule has 0 aromatic heterocycles. The van der Waals surface area contributed by atoms with Crippen LogP contribution in [0.15, 0.2) is 0 Å². The van der Waals surface area contributed by atoms with E-state index in [2.05, 4.69) is 20.0 Å². The van der Waals surface area contributed by atoms with Crippen LogP contribution in [-0.2, 0) is 0 Å². The molecule has 0 saturated heterocycles. The Kier molecular flexibility index (Phi) is 7.92. The second kappa shape index (κ2) is 7.81. The van der Waals surface area contributed by atoms with Crippen molar-refractivity contribution in [2.45, 2.75) is 64.3 Å². The first kappa shape index (κ1) is 12.2. The molecule has 12 heavy (non-hydrogen) atoms. The van der Waals surface area contributed by atoms with Crippen LogP contribution < -0.4 is 0 Å². The molecule has 2 heteroatoms. The zero-order valence-corrected chi connectivity index (χ0v) is 10.00. The summed E-state index contributed by atoms with van der Waals surface area (Å²) in [7, 11) is -0.768. The van der Waals surface area contributed by atoms with E-state index in [-0.39, 0.29) is 5.73 Å². The summed E-state index contributed by atoms with van der Waals surface area (Å²) in [5.41, 5.74) is 0.0617. The van der Waals surface area contributed by atoms with E-state index in [4.69, 9.17) is 0 Å². The molecule has 0 aliphatic carbocycles. The van der Waals surface area contributed by atoms with E-state index >= 15 is 0 Å². The van der Waals surface area contributed by atoms with Gasteiger partial charge in [-0.2, -0.15) is 0 Å². The van der Waals surface area contributed by atoms with E-state index in [1.165, 1.54) is 32.1 Å². The Morgan fingerprint density at radius 2 is 1.67 bits per heavy atom. The highest BCUT2D eigenvalue weighted by Crippen LogP contribution is 2.08. The molecular formula is C10H24OSi. The molecule has 0 radical (unpaired) electrons. The Morgan fingerprint density at radius 3 is 2.17 bits per heavy atom. The molecule has 0 aliphatic rings. The lowest BCUT2D eigenvalue weighted by Gasteiger charge is -2.12. The molecule has 0 bridgehead atoms. The standard InChI is InChI=1S/C10H24OSi/c1-4-5-6-7-8-9-10(11)12(2)3/h10-12H,4-9H2,1-3H3. The van der Waals surface area contributed by atoms with Gasteiger partial charge in [0.15, 0.2) is 0 Å². The molecule has 1 atom stereocenters. The average Bonchev–Trinajstić information content (AvgIpc) is 2.03. The molecule has 1 nitrogen and oxygen atoms in total. The van der Waals surface area contributed by atoms with Crippen LogP contribution in [0.25, 0.3) is 0 Å². The third-order valence-electron chi connectivity index (χ3n) is 2.37. The molecule has 0 amide bonds. The Morgan fingerprint density at radius 1 is 1.08 bits per heavy atom. The lowest BCUT2D eigenvalue weighted by molar-refractivity contribution is 0.232. The monoisotopic (exact) mass is 188 g/mol. The maximum absolute atomic E-state index is 9.54. The molecule has 0 aromatic carbocycles. The van der Waals surface area contributed by atoms with Gasteiger partial charge in [0.25, 0.3) is 0 Å². The summed E-state index contributed by atoms with van der Waals surface area (Å²) in [5, 5.41) is 9.54. The van der Waals surface area contributed by atoms with E-state index in [9.17, 15) is 5.11 Å². The highest BCUT2D eigenvalue weighted by atomic mass is 28.3. The van der Waals surface area contributed by atoms with Crippen LogP contribution in [0.4, 0.5) is 0 Å². The predicted octanol–water partition coefficient (Wildman–Crippen LogP) is 2.73. The zero-order valence-electron chi connectivity index (χ0n) is 8.84. The molecule has 1 N–H and O–H groups in total. The van der Waals surface area contributed by atoms with Gasteiger partial charge >= 0.3 is 0 Å². The van der Waals surface area contributed by atoms with Gasteiger partial charge in [0, 0.05) is 5.73 Å². The van der Waals surface area contributed by atoms with Crippen molar-refractivity contribution in [2.75, 3.05) is 0 Å². The third-order valence-corrected chi connectivity index (χ3v) is 4.25. The summed E-state index contributed by atoms with van der Waals surface area (Å²) >= 11 is 0. The molecule has 74 valence electrons. The van der Waals surface area contributed by atoms with Crippen LogP contribution in [0, 0.1) is 0 Å². The van der Waals surface area contributed by atoms with Gasteiger partial charge in [-0.25, -0.2) is 0 Å². The van der Waals surface area contributed by atoms with Crippen LogP contribution in [0.5, 0.6) is 0 Å². The van der Waals surface area contributed by atoms with E-state index in [1.54, 1.807) is 0 Å². The van der Waals surface area contributed by atoms with Crippen molar-refractivity contribution in [3.05, 3.63) is 0 Å². The number of aliphatic hydroxyl groups is 1. The molecule has 0 aliphatic heterocycles. The fourth-order valence-corrected chi connectivity index (χ4v) is 2.19. The predicted molar refractivity (Wildman–Crippen MR) is 58.3 cm³/mol. The minimum Gasteiger partial charge on any atom is -0.397 e. The second-order valence-electron chi connectivity index (χ2n) is 4.01. The average molecular weight is 188 g/mol. The Balaban J connectivity index is 3.08. The highest BCUT2D eigenvalue weighted by Gasteiger charge is 2.08. The van der Waals surface area contributed by atoms with Crippen LogP contribution >= 0.6 is 0 Å². The molecule has 1 unspecified atom stereocenters. The van der Waals surface area contributed by atoms with Gasteiger partial charge in [0.05, 0.1) is 8.80 Å². The normalized spacial score (nSPS) is 13.8. The van der Waals surface area contributed by atoms with Crippen LogP contribution in [0.1, 0.15) is 45.4 Å². The largest absolute Gasteiger partial charge is 0.397 e. The molecule has 0 saturated carbocycles. The van der Waals surface area contributed by atoms with E-state index in [0.717, 1.165) is 6.42 Å². The van der Waals surface area contributed by atoms with Crippen molar-refractivity contribution >= 4 is 8.80 Å². The Hall–Kier alpha value is 0.177. The van der Waals surface area contributed by atoms with E-state index in [0.29, 0.717) is 0 Å². The first-order valence-electron chi connectivity index (χ1n) is 5.36. The fourth-order valence-electron chi connectivity index (χ4n) is 1.29. The highest BCUT2D eigenvalue weighted by molar-refractivity contribution is 6.57. The molecule has 0 fully saturated rings. The molecule has 0 spiro atoms. The Bertz CT molecular complexity index is 93.8. The molecule has 0 aromatic rings. The zero-order chi connectivity index (χ0) is 9.40. The van der Waals surface area contributed by atoms with Crippen molar-refractivity contribution in [3.63, 3.8) is 0 Å². The maximum atomic E-state index is 9.54. The van der Waals surface area contributed by atoms with Gasteiger partial charge in [-0.3, -0.25) is 0 Å². The van der Waals surface area contributed by atoms with Crippen molar-refractivity contribution < 1.29 is 5.11 Å². The summed E-state index contributed by atoms with van der Waals surface area (Å²) < 4.78 is 0. The minimum absolute atomic E-state index is 0.0617. The lowest BCUT2D eigenvalue weighted by Crippen LogP contribution is -2.23. The van der Waals surface area contributed by atoms with Gasteiger partial charge in [-0.1, -0.05) is 52.1 Å². The van der Waals surface area contributed by atoms with Crippen LogP contribution in [0.3, 0.4) is 0 Å². The SMILES string of the molecule is CCCCCCCC(O)[SiH](C)C. The van der Waals surface area contributed by atoms with Crippen molar-refractivity contribution in [2.24, 2.45) is 0 Å². The van der Waals surface area contributed by atoms with E-state index in [1.807, 2.05) is 0 Å². The van der Waals surface area contributed by atoms with Crippen molar-refractivity contribution in [3.8, 4) is 0 Å². The summed E-state index contributed by atoms with van der Waals surface area (Å²) in [6, 6.07) is 0. The Labute approximate surface area is 78.8 Å². The summed E-state index contributed by atoms with van der Waals surface area (Å²) in [5.74, 6) is 0. The minimum atomic E-state index is -0.768. The smallest absolute Gasteiger partial charge is 0.0652 e. The molecule has 0 rings (SSSR count). The second-order valence-corrected chi connectivity index (χ2v) is 7.27. The number of hydrogen-bond donors (Lipinski definition) is 1. The van der Waals surface area contributed by atoms with Crippen LogP contribution in [-0.4, -0.2) is 19.6 Å². The number of unbranched alkanes of at least 4 members (excludes halogenated alkanes) is 4. The van der Waals surface area contributed by atoms with Crippen molar-refractivity contribution in [1.29, 1.82) is 0 Å². The maximum Gasteiger partial charge on any atom is 0.0652 e. The summed E-state index contributed by atoms with van der Waals surface area (Å²) in [4.78, 5) is 0. The van der Waals surface area contributed by atoms with E-state index < -0.39 is 8.80 Å². The molecular weight excluding hydrogens is 164 g/mol. The number of hydrogen-bond acceptors (Lipinski definition) is 1. The first-order valence-corrected chi connectivity index (χ1v) is 8.34. The topological polar surface area (TPSA) is 20.2 Å².